The molecule has 1 rings (SSSR count). The average molecular weight is 586 g/mol. The lowest BCUT2D eigenvalue weighted by atomic mass is 9.76. The topological polar surface area (TPSA) is 116 Å². The Morgan fingerprint density at radius 3 is 1.90 bits per heavy atom. The van der Waals surface area contributed by atoms with Crippen molar-refractivity contribution in [3.8, 4) is 0 Å². The molecule has 9 nitrogen and oxygen atoms in total. The third-order valence-corrected chi connectivity index (χ3v) is 7.56. The van der Waals surface area contributed by atoms with Gasteiger partial charge in [0.15, 0.2) is 0 Å². The molecule has 42 heavy (non-hydrogen) atoms. The molecule has 0 aliphatic rings. The lowest BCUT2D eigenvalue weighted by Crippen LogP contribution is -2.63. The second kappa shape index (κ2) is 14.0. The predicted molar refractivity (Wildman–Crippen MR) is 166 cm³/mol. The summed E-state index contributed by atoms with van der Waals surface area (Å²) in [5, 5.41) is 12.4. The van der Waals surface area contributed by atoms with Crippen molar-refractivity contribution in [2.24, 2.45) is 11.3 Å². The van der Waals surface area contributed by atoms with Crippen LogP contribution in [-0.4, -0.2) is 76.6 Å². The van der Waals surface area contributed by atoms with Gasteiger partial charge in [0.1, 0.15) is 17.7 Å². The predicted octanol–water partition coefficient (Wildman–Crippen LogP) is 5.41. The zero-order valence-corrected chi connectivity index (χ0v) is 27.4. The summed E-state index contributed by atoms with van der Waals surface area (Å²) in [6.07, 6.45) is 2.47. The minimum absolute atomic E-state index is 0.112. The zero-order chi connectivity index (χ0) is 32.8. The van der Waals surface area contributed by atoms with Gasteiger partial charge >= 0.3 is 12.1 Å². The first kappa shape index (κ1) is 36.4. The number of nitrogens with one attached hydrogen (secondary N) is 1. The van der Waals surface area contributed by atoms with E-state index >= 15 is 0 Å². The summed E-state index contributed by atoms with van der Waals surface area (Å²) in [6, 6.07) is 6.68. The van der Waals surface area contributed by atoms with Crippen molar-refractivity contribution in [2.75, 3.05) is 14.1 Å². The van der Waals surface area contributed by atoms with Crippen LogP contribution in [0.2, 0.25) is 0 Å². The second-order valence-corrected chi connectivity index (χ2v) is 13.4. The van der Waals surface area contributed by atoms with Crippen LogP contribution in [0.5, 0.6) is 0 Å². The Morgan fingerprint density at radius 2 is 1.48 bits per heavy atom. The molecule has 3 atom stereocenters. The van der Waals surface area contributed by atoms with E-state index in [9.17, 15) is 24.3 Å². The van der Waals surface area contributed by atoms with E-state index in [4.69, 9.17) is 4.74 Å². The summed E-state index contributed by atoms with van der Waals surface area (Å²) >= 11 is 0. The molecule has 3 amide bonds. The molecule has 0 heterocycles. The van der Waals surface area contributed by atoms with Crippen molar-refractivity contribution in [1.29, 1.82) is 0 Å². The third-order valence-electron chi connectivity index (χ3n) is 7.56. The van der Waals surface area contributed by atoms with E-state index in [1.54, 1.807) is 53.8 Å². The van der Waals surface area contributed by atoms with Crippen LogP contribution in [0.25, 0.3) is 0 Å². The first-order chi connectivity index (χ1) is 19.1. The summed E-state index contributed by atoms with van der Waals surface area (Å²) in [5.41, 5.74) is -1.65. The van der Waals surface area contributed by atoms with E-state index < -0.39 is 58.4 Å². The van der Waals surface area contributed by atoms with Crippen LogP contribution in [0.4, 0.5) is 4.79 Å². The number of ether oxygens (including phenoxy) is 1. The third kappa shape index (κ3) is 9.19. The van der Waals surface area contributed by atoms with E-state index in [1.807, 2.05) is 58.0 Å². The fourth-order valence-corrected chi connectivity index (χ4v) is 4.79. The van der Waals surface area contributed by atoms with Crippen LogP contribution in [0.1, 0.15) is 74.8 Å². The van der Waals surface area contributed by atoms with Gasteiger partial charge in [0.2, 0.25) is 11.8 Å². The SMILES string of the molecule is C=CC(C)(C)[C@H](NC(=O)C(N(C)C(=O)OC(C)(C)C)C(C)(C)c1ccccc1)C(=O)N(C)[C@H](C=C(C)C(=O)O)C(C)C. The monoisotopic (exact) mass is 585 g/mol. The molecule has 0 fully saturated rings. The van der Waals surface area contributed by atoms with Gasteiger partial charge in [0.05, 0.1) is 6.04 Å². The number of hydrogen-bond donors (Lipinski definition) is 2. The largest absolute Gasteiger partial charge is 0.478 e. The Morgan fingerprint density at radius 1 is 0.952 bits per heavy atom. The van der Waals surface area contributed by atoms with Crippen molar-refractivity contribution >= 4 is 23.9 Å². The fourth-order valence-electron chi connectivity index (χ4n) is 4.79. The Balaban J connectivity index is 3.67. The van der Waals surface area contributed by atoms with Gasteiger partial charge < -0.3 is 20.1 Å². The van der Waals surface area contributed by atoms with Gasteiger partial charge in [-0.2, -0.15) is 0 Å². The highest BCUT2D eigenvalue weighted by Gasteiger charge is 2.46. The maximum atomic E-state index is 14.3. The van der Waals surface area contributed by atoms with Gasteiger partial charge in [0, 0.05) is 30.5 Å². The molecule has 0 aliphatic heterocycles. The average Bonchev–Trinajstić information content (AvgIpc) is 2.88. The molecule has 234 valence electrons. The minimum atomic E-state index is -1.08. The van der Waals surface area contributed by atoms with Gasteiger partial charge in [-0.05, 0) is 39.2 Å². The van der Waals surface area contributed by atoms with Crippen molar-refractivity contribution < 1.29 is 29.0 Å². The van der Waals surface area contributed by atoms with E-state index in [-0.39, 0.29) is 11.5 Å². The number of rotatable bonds is 12. The lowest BCUT2D eigenvalue weighted by Gasteiger charge is -2.42. The first-order valence-corrected chi connectivity index (χ1v) is 14.2. The molecule has 1 aromatic carbocycles. The molecule has 0 bridgehead atoms. The molecule has 0 saturated heterocycles. The molecule has 0 aliphatic carbocycles. The van der Waals surface area contributed by atoms with Crippen LogP contribution in [0.15, 0.2) is 54.6 Å². The van der Waals surface area contributed by atoms with Crippen LogP contribution in [-0.2, 0) is 24.5 Å². The summed E-state index contributed by atoms with van der Waals surface area (Å²) < 4.78 is 5.62. The van der Waals surface area contributed by atoms with Crippen molar-refractivity contribution in [1.82, 2.24) is 15.1 Å². The molecular formula is C33H51N3O6. The maximum Gasteiger partial charge on any atom is 0.410 e. The van der Waals surface area contributed by atoms with Crippen molar-refractivity contribution in [3.63, 3.8) is 0 Å². The van der Waals surface area contributed by atoms with Gasteiger partial charge in [-0.25, -0.2) is 9.59 Å². The van der Waals surface area contributed by atoms with E-state index in [2.05, 4.69) is 11.9 Å². The first-order valence-electron chi connectivity index (χ1n) is 14.2. The standard InChI is InChI=1S/C33H51N3O6/c1-14-32(8,9)25(28(38)35(12)24(21(2)3)20-22(4)29(39)40)34-27(37)26(36(13)30(41)42-31(5,6)7)33(10,11)23-18-16-15-17-19-23/h14-21,24-26H,1H2,2-13H3,(H,34,37)(H,39,40)/t24-,25-,26?/m1/s1. The molecule has 9 heteroatoms. The second-order valence-electron chi connectivity index (χ2n) is 13.4. The normalized spacial score (nSPS) is 14.8. The molecule has 1 aromatic rings. The molecule has 0 saturated carbocycles. The van der Waals surface area contributed by atoms with Crippen LogP contribution < -0.4 is 5.32 Å². The van der Waals surface area contributed by atoms with E-state index in [0.29, 0.717) is 0 Å². The van der Waals surface area contributed by atoms with Crippen LogP contribution in [0, 0.1) is 11.3 Å². The molecule has 1 unspecified atom stereocenters. The van der Waals surface area contributed by atoms with E-state index in [1.165, 1.54) is 23.8 Å². The summed E-state index contributed by atoms with van der Waals surface area (Å²) in [6.45, 7) is 21.7. The zero-order valence-electron chi connectivity index (χ0n) is 27.4. The molecule has 0 spiro atoms. The molecular weight excluding hydrogens is 534 g/mol. The van der Waals surface area contributed by atoms with Gasteiger partial charge in [0.25, 0.3) is 0 Å². The minimum Gasteiger partial charge on any atom is -0.478 e. The molecule has 2 N–H and O–H groups in total. The van der Waals surface area contributed by atoms with Gasteiger partial charge in [-0.3, -0.25) is 14.5 Å². The number of likely N-dealkylation sites (N-methyl/N-ethyl adjacent to an activating group) is 2. The number of amides is 3. The molecule has 0 radical (unpaired) electrons. The summed E-state index contributed by atoms with van der Waals surface area (Å²) in [5.74, 6) is -2.15. The number of benzene rings is 1. The highest BCUT2D eigenvalue weighted by molar-refractivity contribution is 5.93. The Bertz CT molecular complexity index is 1160. The summed E-state index contributed by atoms with van der Waals surface area (Å²) in [7, 11) is 3.11. The Kier molecular flexibility index (Phi) is 12.2. The smallest absolute Gasteiger partial charge is 0.410 e. The molecule has 0 aromatic heterocycles. The quantitative estimate of drug-likeness (QED) is 0.250. The summed E-state index contributed by atoms with van der Waals surface area (Å²) in [4.78, 5) is 55.9. The highest BCUT2D eigenvalue weighted by Crippen LogP contribution is 2.32. The Hall–Kier alpha value is -3.62. The number of carbonyl (C=O) groups excluding carboxylic acids is 3. The van der Waals surface area contributed by atoms with Crippen molar-refractivity contribution in [2.45, 2.75) is 98.4 Å². The highest BCUT2D eigenvalue weighted by atomic mass is 16.6. The lowest BCUT2D eigenvalue weighted by molar-refractivity contribution is -0.141. The van der Waals surface area contributed by atoms with Gasteiger partial charge in [-0.15, -0.1) is 6.58 Å². The van der Waals surface area contributed by atoms with Gasteiger partial charge in [-0.1, -0.05) is 84.0 Å². The number of aliphatic carboxylic acids is 1. The van der Waals surface area contributed by atoms with Crippen molar-refractivity contribution in [3.05, 3.63) is 60.2 Å². The van der Waals surface area contributed by atoms with Crippen LogP contribution in [0.3, 0.4) is 0 Å². The number of hydrogen-bond acceptors (Lipinski definition) is 5. The number of carbonyl (C=O) groups is 4. The number of carboxylic acids is 1. The van der Waals surface area contributed by atoms with E-state index in [0.717, 1.165) is 5.56 Å². The number of nitrogens with zero attached hydrogens (tertiary/aromatic N) is 2. The fraction of sp³-hybridized carbons (Fsp3) is 0.576. The number of carboxylic acid groups (broad SMARTS) is 1. The van der Waals surface area contributed by atoms with Crippen LogP contribution >= 0.6 is 0 Å². The maximum absolute atomic E-state index is 14.3. The Labute approximate surface area is 252 Å².